The fourth-order valence-corrected chi connectivity index (χ4v) is 3.79. The van der Waals surface area contributed by atoms with E-state index >= 15 is 0 Å². The third kappa shape index (κ3) is 1.65. The van der Waals surface area contributed by atoms with Crippen LogP contribution in [0.5, 0.6) is 0 Å². The van der Waals surface area contributed by atoms with Crippen LogP contribution in [0.25, 0.3) is 0 Å². The summed E-state index contributed by atoms with van der Waals surface area (Å²) in [6.07, 6.45) is 4.37. The van der Waals surface area contributed by atoms with Gasteiger partial charge >= 0.3 is 5.69 Å². The van der Waals surface area contributed by atoms with E-state index in [1.165, 1.54) is 5.56 Å². The van der Waals surface area contributed by atoms with Gasteiger partial charge in [0.25, 0.3) is 5.56 Å². The van der Waals surface area contributed by atoms with Crippen molar-refractivity contribution in [3.8, 4) is 0 Å². The molecule has 1 aliphatic carbocycles. The smallest absolute Gasteiger partial charge is 0.311 e. The Morgan fingerprint density at radius 2 is 2.19 bits per heavy atom. The normalized spacial score (nSPS) is 24.0. The fourth-order valence-electron chi connectivity index (χ4n) is 3.79. The van der Waals surface area contributed by atoms with Crippen LogP contribution in [-0.4, -0.2) is 26.9 Å². The number of nitrogens with one attached hydrogen (secondary N) is 2. The molecule has 0 bridgehead atoms. The topological polar surface area (TPSA) is 81.9 Å². The minimum atomic E-state index is -0.428. The monoisotopic (exact) mass is 284 g/mol. The van der Waals surface area contributed by atoms with E-state index < -0.39 is 5.69 Å². The average molecular weight is 284 g/mol. The summed E-state index contributed by atoms with van der Waals surface area (Å²) in [6.45, 7) is 0.537. The molecule has 108 valence electrons. The molecule has 0 aromatic carbocycles. The number of nitrogens with zero attached hydrogens (tertiary/aromatic N) is 2. The molecular formula is C15H16N4O2. The number of rotatable bonds is 0. The number of hydrogen-bond donors (Lipinski definition) is 2. The van der Waals surface area contributed by atoms with Crippen LogP contribution in [0.4, 0.5) is 0 Å². The largest absolute Gasteiger partial charge is 0.325 e. The maximum Gasteiger partial charge on any atom is 0.325 e. The number of likely N-dealkylation sites (N-methyl/N-ethyl adjacent to an activating group) is 1. The predicted octanol–water partition coefficient (Wildman–Crippen LogP) is 0.288. The summed E-state index contributed by atoms with van der Waals surface area (Å²) < 4.78 is 0. The summed E-state index contributed by atoms with van der Waals surface area (Å²) in [5.41, 5.74) is 2.91. The first-order valence-electron chi connectivity index (χ1n) is 7.10. The van der Waals surface area contributed by atoms with Gasteiger partial charge in [-0.1, -0.05) is 6.07 Å². The van der Waals surface area contributed by atoms with Gasteiger partial charge in [-0.3, -0.25) is 19.7 Å². The van der Waals surface area contributed by atoms with Gasteiger partial charge in [-0.05, 0) is 31.5 Å². The van der Waals surface area contributed by atoms with Gasteiger partial charge in [0.05, 0.1) is 11.1 Å². The molecule has 6 heteroatoms. The minimum Gasteiger partial charge on any atom is -0.311 e. The highest BCUT2D eigenvalue weighted by molar-refractivity contribution is 5.38. The zero-order chi connectivity index (χ0) is 14.6. The number of H-pyrrole nitrogens is 2. The van der Waals surface area contributed by atoms with Crippen molar-refractivity contribution in [2.24, 2.45) is 0 Å². The Bertz CT molecular complexity index is 838. The molecule has 0 fully saturated rings. The maximum atomic E-state index is 12.0. The Balaban J connectivity index is 1.90. The summed E-state index contributed by atoms with van der Waals surface area (Å²) in [5, 5.41) is 0. The molecule has 21 heavy (non-hydrogen) atoms. The zero-order valence-corrected chi connectivity index (χ0v) is 11.8. The molecule has 2 aliphatic rings. The Kier molecular flexibility index (Phi) is 2.47. The molecule has 0 saturated heterocycles. The van der Waals surface area contributed by atoms with Crippen LogP contribution in [0.2, 0.25) is 0 Å². The highest BCUT2D eigenvalue weighted by Crippen LogP contribution is 2.45. The van der Waals surface area contributed by atoms with Crippen molar-refractivity contribution < 1.29 is 0 Å². The molecule has 4 rings (SSSR count). The highest BCUT2D eigenvalue weighted by Gasteiger charge is 2.46. The quantitative estimate of drug-likeness (QED) is 0.728. The van der Waals surface area contributed by atoms with Crippen LogP contribution in [0.1, 0.15) is 28.9 Å². The number of aromatic amines is 2. The van der Waals surface area contributed by atoms with Crippen LogP contribution < -0.4 is 11.2 Å². The first-order valence-corrected chi connectivity index (χ1v) is 7.10. The van der Waals surface area contributed by atoms with Crippen LogP contribution in [-0.2, 0) is 24.9 Å². The van der Waals surface area contributed by atoms with Crippen LogP contribution >= 0.6 is 0 Å². The van der Waals surface area contributed by atoms with Crippen molar-refractivity contribution in [1.29, 1.82) is 0 Å². The van der Waals surface area contributed by atoms with Crippen LogP contribution in [0.3, 0.4) is 0 Å². The molecule has 1 spiro atoms. The van der Waals surface area contributed by atoms with Crippen LogP contribution in [0.15, 0.2) is 27.9 Å². The van der Waals surface area contributed by atoms with E-state index in [4.69, 9.17) is 0 Å². The number of fused-ring (bicyclic) bond motifs is 3. The molecule has 2 N–H and O–H groups in total. The maximum absolute atomic E-state index is 12.0. The summed E-state index contributed by atoms with van der Waals surface area (Å²) in [6, 6.07) is 4.07. The molecule has 1 atom stereocenters. The SMILES string of the molecule is CN1Cc2c([nH]c(=O)[nH]c2=O)CC12CCc1ncccc12. The molecule has 1 aliphatic heterocycles. The molecular weight excluding hydrogens is 268 g/mol. The molecule has 1 unspecified atom stereocenters. The second-order valence-electron chi connectivity index (χ2n) is 5.93. The molecule has 0 radical (unpaired) electrons. The summed E-state index contributed by atoms with van der Waals surface area (Å²) in [7, 11) is 2.04. The van der Waals surface area contributed by atoms with E-state index in [1.807, 2.05) is 19.3 Å². The molecule has 0 saturated carbocycles. The number of aromatic nitrogens is 3. The lowest BCUT2D eigenvalue weighted by Gasteiger charge is -2.43. The second-order valence-corrected chi connectivity index (χ2v) is 5.93. The lowest BCUT2D eigenvalue weighted by atomic mass is 9.81. The predicted molar refractivity (Wildman–Crippen MR) is 77.1 cm³/mol. The van der Waals surface area contributed by atoms with Gasteiger partial charge in [0.2, 0.25) is 0 Å². The Morgan fingerprint density at radius 3 is 3.05 bits per heavy atom. The molecule has 0 amide bonds. The van der Waals surface area contributed by atoms with Gasteiger partial charge in [0.1, 0.15) is 0 Å². The van der Waals surface area contributed by atoms with Gasteiger partial charge in [-0.15, -0.1) is 0 Å². The van der Waals surface area contributed by atoms with Crippen molar-refractivity contribution >= 4 is 0 Å². The number of pyridine rings is 1. The summed E-state index contributed by atoms with van der Waals surface area (Å²) in [4.78, 5) is 35.3. The number of aryl methyl sites for hydroxylation is 1. The van der Waals surface area contributed by atoms with Gasteiger partial charge in [-0.25, -0.2) is 4.79 Å². The van der Waals surface area contributed by atoms with Crippen molar-refractivity contribution in [3.05, 3.63) is 61.7 Å². The van der Waals surface area contributed by atoms with E-state index in [0.717, 1.165) is 24.2 Å². The summed E-state index contributed by atoms with van der Waals surface area (Å²) >= 11 is 0. The van der Waals surface area contributed by atoms with E-state index in [1.54, 1.807) is 0 Å². The van der Waals surface area contributed by atoms with Crippen molar-refractivity contribution in [3.63, 3.8) is 0 Å². The van der Waals surface area contributed by atoms with Crippen molar-refractivity contribution in [2.75, 3.05) is 7.05 Å². The third-order valence-electron chi connectivity index (χ3n) is 4.89. The second kappa shape index (κ2) is 4.14. The molecule has 2 aromatic heterocycles. The molecule has 2 aromatic rings. The van der Waals surface area contributed by atoms with Gasteiger partial charge in [-0.2, -0.15) is 0 Å². The van der Waals surface area contributed by atoms with Gasteiger partial charge in [0, 0.05) is 30.6 Å². The van der Waals surface area contributed by atoms with Crippen LogP contribution in [0, 0.1) is 0 Å². The van der Waals surface area contributed by atoms with E-state index in [2.05, 4.69) is 25.9 Å². The van der Waals surface area contributed by atoms with E-state index in [0.29, 0.717) is 18.5 Å². The average Bonchev–Trinajstić information content (AvgIpc) is 2.82. The van der Waals surface area contributed by atoms with Crippen molar-refractivity contribution in [1.82, 2.24) is 19.9 Å². The Labute approximate surface area is 120 Å². The third-order valence-corrected chi connectivity index (χ3v) is 4.89. The first-order chi connectivity index (χ1) is 10.1. The first kappa shape index (κ1) is 12.5. The van der Waals surface area contributed by atoms with Gasteiger partial charge < -0.3 is 4.98 Å². The summed E-state index contributed by atoms with van der Waals surface area (Å²) in [5.74, 6) is 0. The Morgan fingerprint density at radius 1 is 1.33 bits per heavy atom. The molecule has 6 nitrogen and oxygen atoms in total. The standard InChI is InChI=1S/C15H16N4O2/c1-19-8-9-12(17-14(21)18-13(9)20)7-15(19)5-4-11-10(15)3-2-6-16-11/h2-3,6H,4-5,7-8H2,1H3,(H2,17,18,20,21). The van der Waals surface area contributed by atoms with Gasteiger partial charge in [0.15, 0.2) is 0 Å². The Hall–Kier alpha value is -2.21. The minimum absolute atomic E-state index is 0.159. The molecule has 3 heterocycles. The lowest BCUT2D eigenvalue weighted by Crippen LogP contribution is -2.49. The number of hydrogen-bond acceptors (Lipinski definition) is 4. The highest BCUT2D eigenvalue weighted by atomic mass is 16.2. The van der Waals surface area contributed by atoms with E-state index in [9.17, 15) is 9.59 Å². The van der Waals surface area contributed by atoms with E-state index in [-0.39, 0.29) is 11.1 Å². The lowest BCUT2D eigenvalue weighted by molar-refractivity contribution is 0.0921. The fraction of sp³-hybridized carbons (Fsp3) is 0.400. The zero-order valence-electron chi connectivity index (χ0n) is 11.8. The van der Waals surface area contributed by atoms with Crippen molar-refractivity contribution in [2.45, 2.75) is 31.3 Å².